The minimum absolute atomic E-state index is 0.549. The van der Waals surface area contributed by atoms with Gasteiger partial charge in [-0.25, -0.2) is 0 Å². The van der Waals surface area contributed by atoms with E-state index in [4.69, 9.17) is 58.6 Å². The molecule has 1 aliphatic rings. The molecule has 4 rings (SSSR count). The number of nitrogens with one attached hydrogen (secondary N) is 1. The second-order valence-corrected chi connectivity index (χ2v) is 9.60. The summed E-state index contributed by atoms with van der Waals surface area (Å²) < 4.78 is 1.81. The highest BCUT2D eigenvalue weighted by molar-refractivity contribution is 7.80. The average Bonchev–Trinajstić information content (AvgIpc) is 3.20. The molecule has 2 aromatic carbocycles. The first-order valence-electron chi connectivity index (χ1n) is 10.1. The molecule has 0 aliphatic carbocycles. The number of rotatable bonds is 5. The van der Waals surface area contributed by atoms with Crippen LogP contribution in [-0.2, 0) is 13.1 Å². The SMILES string of the molecule is S=C(Nc1cnn(Cc2ccc(Cl)cc2Cl)c1)N1CCN(Cc2c(Cl)cccc2Cl)CC1. The Bertz CT molecular complexity index is 1090. The number of benzene rings is 2. The summed E-state index contributed by atoms with van der Waals surface area (Å²) in [6, 6.07) is 11.1. The Morgan fingerprint density at radius 1 is 0.938 bits per heavy atom. The van der Waals surface area contributed by atoms with E-state index in [1.54, 1.807) is 12.3 Å². The van der Waals surface area contributed by atoms with E-state index < -0.39 is 0 Å². The summed E-state index contributed by atoms with van der Waals surface area (Å²) in [7, 11) is 0. The normalized spacial score (nSPS) is 14.6. The molecule has 0 atom stereocenters. The van der Waals surface area contributed by atoms with Gasteiger partial charge in [0, 0.05) is 64.6 Å². The lowest BCUT2D eigenvalue weighted by Crippen LogP contribution is -2.49. The molecule has 0 spiro atoms. The molecule has 1 aliphatic heterocycles. The zero-order valence-electron chi connectivity index (χ0n) is 17.1. The highest BCUT2D eigenvalue weighted by Crippen LogP contribution is 2.26. The van der Waals surface area contributed by atoms with Crippen molar-refractivity contribution in [2.75, 3.05) is 31.5 Å². The minimum atomic E-state index is 0.549. The van der Waals surface area contributed by atoms with Crippen LogP contribution in [0.2, 0.25) is 20.1 Å². The molecule has 0 saturated carbocycles. The van der Waals surface area contributed by atoms with Gasteiger partial charge in [0.2, 0.25) is 0 Å². The van der Waals surface area contributed by atoms with Gasteiger partial charge in [-0.15, -0.1) is 0 Å². The molecule has 0 bridgehead atoms. The number of anilines is 1. The number of hydrogen-bond acceptors (Lipinski definition) is 3. The third-order valence-electron chi connectivity index (χ3n) is 5.33. The van der Waals surface area contributed by atoms with Crippen LogP contribution in [0.3, 0.4) is 0 Å². The number of halogens is 4. The van der Waals surface area contributed by atoms with Crippen LogP contribution < -0.4 is 5.32 Å². The summed E-state index contributed by atoms with van der Waals surface area (Å²) in [6.07, 6.45) is 3.67. The molecule has 1 N–H and O–H groups in total. The predicted molar refractivity (Wildman–Crippen MR) is 137 cm³/mol. The molecule has 3 aromatic rings. The minimum Gasteiger partial charge on any atom is -0.346 e. The lowest BCUT2D eigenvalue weighted by molar-refractivity contribution is 0.177. The van der Waals surface area contributed by atoms with Crippen molar-refractivity contribution in [3.8, 4) is 0 Å². The first-order valence-corrected chi connectivity index (χ1v) is 12.0. The Balaban J connectivity index is 1.29. The number of aromatic nitrogens is 2. The summed E-state index contributed by atoms with van der Waals surface area (Å²) in [5.74, 6) is 0. The monoisotopic (exact) mass is 527 g/mol. The van der Waals surface area contributed by atoms with Gasteiger partial charge in [-0.3, -0.25) is 9.58 Å². The van der Waals surface area contributed by atoms with Crippen molar-refractivity contribution in [1.29, 1.82) is 0 Å². The Kier molecular flexibility index (Phi) is 7.82. The Morgan fingerprint density at radius 2 is 1.66 bits per heavy atom. The molecule has 168 valence electrons. The van der Waals surface area contributed by atoms with Gasteiger partial charge in [0.25, 0.3) is 0 Å². The number of nitrogens with zero attached hydrogens (tertiary/aromatic N) is 4. The molecule has 1 saturated heterocycles. The van der Waals surface area contributed by atoms with Gasteiger partial charge in [-0.05, 0) is 42.0 Å². The lowest BCUT2D eigenvalue weighted by atomic mass is 10.2. The fourth-order valence-electron chi connectivity index (χ4n) is 3.56. The number of hydrogen-bond donors (Lipinski definition) is 1. The molecule has 5 nitrogen and oxygen atoms in total. The average molecular weight is 529 g/mol. The molecular formula is C22H21Cl4N5S. The fourth-order valence-corrected chi connectivity index (χ4v) is 4.84. The highest BCUT2D eigenvalue weighted by atomic mass is 35.5. The Labute approximate surface area is 212 Å². The van der Waals surface area contributed by atoms with Crippen LogP contribution in [0.15, 0.2) is 48.8 Å². The van der Waals surface area contributed by atoms with Gasteiger partial charge < -0.3 is 10.2 Å². The van der Waals surface area contributed by atoms with E-state index in [0.717, 1.165) is 49.5 Å². The molecule has 0 radical (unpaired) electrons. The number of thiocarbonyl (C=S) groups is 1. The van der Waals surface area contributed by atoms with Gasteiger partial charge in [0.05, 0.1) is 18.4 Å². The summed E-state index contributed by atoms with van der Waals surface area (Å²) in [4.78, 5) is 4.49. The van der Waals surface area contributed by atoms with Gasteiger partial charge in [0.1, 0.15) is 0 Å². The lowest BCUT2D eigenvalue weighted by Gasteiger charge is -2.36. The first-order chi connectivity index (χ1) is 15.4. The quantitative estimate of drug-likeness (QED) is 0.407. The Morgan fingerprint density at radius 3 is 2.34 bits per heavy atom. The van der Waals surface area contributed by atoms with E-state index in [1.165, 1.54) is 0 Å². The second-order valence-electron chi connectivity index (χ2n) is 7.56. The highest BCUT2D eigenvalue weighted by Gasteiger charge is 2.21. The van der Waals surface area contributed by atoms with E-state index >= 15 is 0 Å². The second kappa shape index (κ2) is 10.6. The molecular weight excluding hydrogens is 508 g/mol. The molecule has 10 heteroatoms. The molecule has 1 aromatic heterocycles. The number of piperazine rings is 1. The first kappa shape index (κ1) is 23.6. The van der Waals surface area contributed by atoms with Crippen LogP contribution in [-0.4, -0.2) is 50.9 Å². The van der Waals surface area contributed by atoms with E-state index in [0.29, 0.717) is 31.7 Å². The van der Waals surface area contributed by atoms with Crippen LogP contribution in [0, 0.1) is 0 Å². The van der Waals surface area contributed by atoms with Gasteiger partial charge in [-0.2, -0.15) is 5.10 Å². The van der Waals surface area contributed by atoms with E-state index in [9.17, 15) is 0 Å². The molecule has 0 amide bonds. The zero-order valence-corrected chi connectivity index (χ0v) is 20.9. The van der Waals surface area contributed by atoms with E-state index in [2.05, 4.69) is 20.2 Å². The van der Waals surface area contributed by atoms with Crippen molar-refractivity contribution in [3.05, 3.63) is 80.0 Å². The van der Waals surface area contributed by atoms with Crippen molar-refractivity contribution in [2.45, 2.75) is 13.1 Å². The van der Waals surface area contributed by atoms with Crippen molar-refractivity contribution in [3.63, 3.8) is 0 Å². The van der Waals surface area contributed by atoms with Gasteiger partial charge >= 0.3 is 0 Å². The fraction of sp³-hybridized carbons (Fsp3) is 0.273. The maximum Gasteiger partial charge on any atom is 0.173 e. The standard InChI is InChI=1S/C22H21Cl4N5S/c23-16-5-4-15(21(26)10-16)12-31-13-17(11-27-31)28-22(32)30-8-6-29(7-9-30)14-18-19(24)2-1-3-20(18)25/h1-5,10-11,13H,6-9,12,14H2,(H,28,32). The van der Waals surface area contributed by atoms with Gasteiger partial charge in [0.15, 0.2) is 5.11 Å². The summed E-state index contributed by atoms with van der Waals surface area (Å²) in [6.45, 7) is 4.67. The third kappa shape index (κ3) is 5.87. The molecule has 0 unspecified atom stereocenters. The summed E-state index contributed by atoms with van der Waals surface area (Å²) in [5, 5.41) is 11.0. The molecule has 1 fully saturated rings. The zero-order chi connectivity index (χ0) is 22.7. The van der Waals surface area contributed by atoms with E-state index in [-0.39, 0.29) is 0 Å². The van der Waals surface area contributed by atoms with Crippen molar-refractivity contribution in [1.82, 2.24) is 19.6 Å². The third-order valence-corrected chi connectivity index (χ3v) is 6.99. The van der Waals surface area contributed by atoms with Crippen molar-refractivity contribution < 1.29 is 0 Å². The maximum absolute atomic E-state index is 6.31. The van der Waals surface area contributed by atoms with Crippen LogP contribution >= 0.6 is 58.6 Å². The Hall–Kier alpha value is -1.54. The smallest absolute Gasteiger partial charge is 0.173 e. The van der Waals surface area contributed by atoms with Crippen LogP contribution in [0.1, 0.15) is 11.1 Å². The largest absolute Gasteiger partial charge is 0.346 e. The van der Waals surface area contributed by atoms with E-state index in [1.807, 2.05) is 41.2 Å². The summed E-state index contributed by atoms with van der Waals surface area (Å²) >= 11 is 30.5. The van der Waals surface area contributed by atoms with Crippen LogP contribution in [0.4, 0.5) is 5.69 Å². The van der Waals surface area contributed by atoms with Crippen molar-refractivity contribution in [2.24, 2.45) is 0 Å². The van der Waals surface area contributed by atoms with Crippen molar-refractivity contribution >= 4 is 69.4 Å². The van der Waals surface area contributed by atoms with Gasteiger partial charge in [-0.1, -0.05) is 58.5 Å². The predicted octanol–water partition coefficient (Wildman–Crippen LogP) is 6.06. The summed E-state index contributed by atoms with van der Waals surface area (Å²) in [5.41, 5.74) is 2.76. The molecule has 32 heavy (non-hydrogen) atoms. The van der Waals surface area contributed by atoms with Crippen LogP contribution in [0.5, 0.6) is 0 Å². The maximum atomic E-state index is 6.31. The topological polar surface area (TPSA) is 36.3 Å². The van der Waals surface area contributed by atoms with Crippen LogP contribution in [0.25, 0.3) is 0 Å². The molecule has 2 heterocycles.